The SMILES string of the molecule is CC(C)C(CNC(=O)Cc1ccc(Cl)cc1Cl)C(C)C. The quantitative estimate of drug-likeness (QED) is 0.818. The van der Waals surface area contributed by atoms with Crippen molar-refractivity contribution in [3.05, 3.63) is 33.8 Å². The van der Waals surface area contributed by atoms with Crippen molar-refractivity contribution in [2.45, 2.75) is 34.1 Å². The Balaban J connectivity index is 2.55. The lowest BCUT2D eigenvalue weighted by Crippen LogP contribution is -2.34. The lowest BCUT2D eigenvalue weighted by Gasteiger charge is -2.25. The molecule has 20 heavy (non-hydrogen) atoms. The van der Waals surface area contributed by atoms with Crippen LogP contribution < -0.4 is 5.32 Å². The molecule has 0 heterocycles. The summed E-state index contributed by atoms with van der Waals surface area (Å²) in [6.07, 6.45) is 0.291. The maximum absolute atomic E-state index is 12.0. The Kier molecular flexibility index (Phi) is 6.84. The van der Waals surface area contributed by atoms with E-state index in [4.69, 9.17) is 23.2 Å². The number of nitrogens with one attached hydrogen (secondary N) is 1. The van der Waals surface area contributed by atoms with E-state index in [0.29, 0.717) is 40.8 Å². The van der Waals surface area contributed by atoms with Gasteiger partial charge in [-0.15, -0.1) is 0 Å². The summed E-state index contributed by atoms with van der Waals surface area (Å²) in [6, 6.07) is 5.21. The Labute approximate surface area is 131 Å². The molecule has 1 aromatic carbocycles. The first kappa shape index (κ1) is 17.3. The van der Waals surface area contributed by atoms with Gasteiger partial charge in [0.25, 0.3) is 0 Å². The minimum Gasteiger partial charge on any atom is -0.356 e. The van der Waals surface area contributed by atoms with Crippen LogP contribution in [0.15, 0.2) is 18.2 Å². The normalized spacial score (nSPS) is 11.4. The molecule has 112 valence electrons. The molecule has 1 aromatic rings. The van der Waals surface area contributed by atoms with Gasteiger partial charge in [0, 0.05) is 16.6 Å². The second kappa shape index (κ2) is 7.90. The molecule has 0 spiro atoms. The molecule has 4 heteroatoms. The number of benzene rings is 1. The Morgan fingerprint density at radius 1 is 1.15 bits per heavy atom. The van der Waals surface area contributed by atoms with Gasteiger partial charge in [-0.05, 0) is 35.4 Å². The van der Waals surface area contributed by atoms with Crippen LogP contribution in [-0.4, -0.2) is 12.5 Å². The van der Waals surface area contributed by atoms with Gasteiger partial charge in [-0.1, -0.05) is 57.0 Å². The van der Waals surface area contributed by atoms with Crippen LogP contribution in [0.25, 0.3) is 0 Å². The van der Waals surface area contributed by atoms with Crippen molar-refractivity contribution in [1.29, 1.82) is 0 Å². The number of hydrogen-bond acceptors (Lipinski definition) is 1. The number of halogens is 2. The Hall–Kier alpha value is -0.730. The van der Waals surface area contributed by atoms with E-state index in [9.17, 15) is 4.79 Å². The molecule has 0 aromatic heterocycles. The van der Waals surface area contributed by atoms with Gasteiger partial charge in [-0.25, -0.2) is 0 Å². The van der Waals surface area contributed by atoms with Crippen molar-refractivity contribution >= 4 is 29.1 Å². The maximum atomic E-state index is 12.0. The van der Waals surface area contributed by atoms with E-state index in [1.165, 1.54) is 0 Å². The van der Waals surface area contributed by atoms with Gasteiger partial charge in [-0.3, -0.25) is 4.79 Å². The van der Waals surface area contributed by atoms with Crippen LogP contribution in [0.3, 0.4) is 0 Å². The Bertz CT molecular complexity index is 450. The zero-order chi connectivity index (χ0) is 15.3. The molecule has 1 amide bonds. The third-order valence-corrected chi connectivity index (χ3v) is 4.20. The summed E-state index contributed by atoms with van der Waals surface area (Å²) in [7, 11) is 0. The van der Waals surface area contributed by atoms with Gasteiger partial charge in [0.15, 0.2) is 0 Å². The second-order valence-corrected chi connectivity index (χ2v) is 6.71. The highest BCUT2D eigenvalue weighted by Gasteiger charge is 2.18. The van der Waals surface area contributed by atoms with Crippen molar-refractivity contribution < 1.29 is 4.79 Å². The highest BCUT2D eigenvalue weighted by molar-refractivity contribution is 6.35. The van der Waals surface area contributed by atoms with Crippen molar-refractivity contribution in [3.8, 4) is 0 Å². The summed E-state index contributed by atoms with van der Waals surface area (Å²) in [6.45, 7) is 9.46. The monoisotopic (exact) mass is 315 g/mol. The number of hydrogen-bond donors (Lipinski definition) is 1. The first-order valence-electron chi connectivity index (χ1n) is 7.02. The average molecular weight is 316 g/mol. The molecule has 0 aliphatic rings. The fourth-order valence-corrected chi connectivity index (χ4v) is 2.85. The third-order valence-electron chi connectivity index (χ3n) is 3.61. The predicted molar refractivity (Wildman–Crippen MR) is 86.3 cm³/mol. The molecule has 0 saturated heterocycles. The molecule has 0 aliphatic heterocycles. The zero-order valence-electron chi connectivity index (χ0n) is 12.5. The first-order chi connectivity index (χ1) is 9.31. The average Bonchev–Trinajstić information content (AvgIpc) is 2.32. The van der Waals surface area contributed by atoms with E-state index >= 15 is 0 Å². The summed E-state index contributed by atoms with van der Waals surface area (Å²) >= 11 is 11.9. The van der Waals surface area contributed by atoms with Crippen LogP contribution in [-0.2, 0) is 11.2 Å². The number of amides is 1. The van der Waals surface area contributed by atoms with Crippen molar-refractivity contribution in [3.63, 3.8) is 0 Å². The van der Waals surface area contributed by atoms with Gasteiger partial charge in [-0.2, -0.15) is 0 Å². The summed E-state index contributed by atoms with van der Waals surface area (Å²) < 4.78 is 0. The smallest absolute Gasteiger partial charge is 0.224 e. The zero-order valence-corrected chi connectivity index (χ0v) is 14.1. The Morgan fingerprint density at radius 2 is 1.75 bits per heavy atom. The van der Waals surface area contributed by atoms with Crippen LogP contribution in [0.2, 0.25) is 10.0 Å². The Morgan fingerprint density at radius 3 is 2.25 bits per heavy atom. The van der Waals surface area contributed by atoms with Crippen LogP contribution in [0, 0.1) is 17.8 Å². The molecule has 0 radical (unpaired) electrons. The molecular formula is C16H23Cl2NO. The number of rotatable bonds is 6. The van der Waals surface area contributed by atoms with E-state index in [1.807, 2.05) is 0 Å². The van der Waals surface area contributed by atoms with Crippen LogP contribution in [0.4, 0.5) is 0 Å². The summed E-state index contributed by atoms with van der Waals surface area (Å²) in [5.41, 5.74) is 0.805. The van der Waals surface area contributed by atoms with Crippen LogP contribution >= 0.6 is 23.2 Å². The van der Waals surface area contributed by atoms with Gasteiger partial charge >= 0.3 is 0 Å². The van der Waals surface area contributed by atoms with Crippen LogP contribution in [0.1, 0.15) is 33.3 Å². The lowest BCUT2D eigenvalue weighted by molar-refractivity contribution is -0.120. The van der Waals surface area contributed by atoms with Crippen molar-refractivity contribution in [2.75, 3.05) is 6.54 Å². The fraction of sp³-hybridized carbons (Fsp3) is 0.562. The molecular weight excluding hydrogens is 293 g/mol. The molecule has 1 N–H and O–H groups in total. The molecule has 2 nitrogen and oxygen atoms in total. The van der Waals surface area contributed by atoms with Crippen molar-refractivity contribution in [2.24, 2.45) is 17.8 Å². The fourth-order valence-electron chi connectivity index (χ4n) is 2.37. The highest BCUT2D eigenvalue weighted by atomic mass is 35.5. The van der Waals surface area contributed by atoms with E-state index in [2.05, 4.69) is 33.0 Å². The first-order valence-corrected chi connectivity index (χ1v) is 7.77. The topological polar surface area (TPSA) is 29.1 Å². The maximum Gasteiger partial charge on any atom is 0.224 e. The minimum absolute atomic E-state index is 0.000484. The largest absolute Gasteiger partial charge is 0.356 e. The predicted octanol–water partition coefficient (Wildman–Crippen LogP) is 4.58. The van der Waals surface area contributed by atoms with Gasteiger partial charge in [0.05, 0.1) is 6.42 Å². The van der Waals surface area contributed by atoms with E-state index in [0.717, 1.165) is 5.56 Å². The van der Waals surface area contributed by atoms with Gasteiger partial charge in [0.1, 0.15) is 0 Å². The molecule has 0 saturated carbocycles. The van der Waals surface area contributed by atoms with Gasteiger partial charge in [0.2, 0.25) is 5.91 Å². The molecule has 0 fully saturated rings. The molecule has 0 aliphatic carbocycles. The third kappa shape index (κ3) is 5.34. The van der Waals surface area contributed by atoms with E-state index < -0.39 is 0 Å². The molecule has 0 unspecified atom stereocenters. The summed E-state index contributed by atoms with van der Waals surface area (Å²) in [4.78, 5) is 12.0. The van der Waals surface area contributed by atoms with E-state index in [-0.39, 0.29) is 5.91 Å². The molecule has 0 bridgehead atoms. The summed E-state index contributed by atoms with van der Waals surface area (Å²) in [5, 5.41) is 4.13. The minimum atomic E-state index is 0.000484. The van der Waals surface area contributed by atoms with Gasteiger partial charge < -0.3 is 5.32 Å². The molecule has 0 atom stereocenters. The standard InChI is InChI=1S/C16H23Cl2NO/c1-10(2)14(11(3)4)9-19-16(20)7-12-5-6-13(17)8-15(12)18/h5-6,8,10-11,14H,7,9H2,1-4H3,(H,19,20). The second-order valence-electron chi connectivity index (χ2n) is 5.87. The number of carbonyl (C=O) groups excluding carboxylic acids is 1. The van der Waals surface area contributed by atoms with Crippen LogP contribution in [0.5, 0.6) is 0 Å². The van der Waals surface area contributed by atoms with E-state index in [1.54, 1.807) is 18.2 Å². The summed E-state index contributed by atoms with van der Waals surface area (Å²) in [5.74, 6) is 1.59. The molecule has 1 rings (SSSR count). The lowest BCUT2D eigenvalue weighted by atomic mass is 9.85. The van der Waals surface area contributed by atoms with Crippen molar-refractivity contribution in [1.82, 2.24) is 5.32 Å². The highest BCUT2D eigenvalue weighted by Crippen LogP contribution is 2.22. The number of carbonyl (C=O) groups is 1.